The maximum Gasteiger partial charge on any atom is 0.547 e. The molecule has 0 aliphatic carbocycles. The van der Waals surface area contributed by atoms with Gasteiger partial charge in [-0.1, -0.05) is 19.4 Å². The van der Waals surface area contributed by atoms with E-state index in [1.165, 1.54) is 0 Å². The van der Waals surface area contributed by atoms with E-state index in [0.29, 0.717) is 0 Å². The molecule has 0 atom stereocenters. The number of rotatable bonds is 4. The molecule has 0 fully saturated rings. The number of terminal acetylenes is 2. The lowest BCUT2D eigenvalue weighted by Crippen LogP contribution is -1.80. The second-order valence-corrected chi connectivity index (χ2v) is 1.94. The summed E-state index contributed by atoms with van der Waals surface area (Å²) in [6, 6.07) is 0. The molecule has 0 aliphatic rings. The zero-order chi connectivity index (χ0) is 7.82. The zero-order valence-electron chi connectivity index (χ0n) is 5.11. The van der Waals surface area contributed by atoms with Crippen LogP contribution in [-0.2, 0) is 13.6 Å². The molecule has 0 aliphatic heterocycles. The Kier molecular flexibility index (Phi) is 5.06. The molecule has 0 saturated carbocycles. The first kappa shape index (κ1) is 8.69. The van der Waals surface area contributed by atoms with E-state index in [-0.39, 0.29) is 0 Å². The third-order valence-electron chi connectivity index (χ3n) is 0.415. The molecule has 52 valence electrons. The first-order valence-electron chi connectivity index (χ1n) is 2.18. The Balaban J connectivity index is 3.65. The Hall–Kier alpha value is -1.31. The maximum atomic E-state index is 4.77. The van der Waals surface area contributed by atoms with Crippen LogP contribution in [-0.4, -0.2) is 0 Å². The Morgan fingerprint density at radius 3 is 2.10 bits per heavy atom. The summed E-state index contributed by atoms with van der Waals surface area (Å²) in [4.78, 5) is 0. The normalized spacial score (nSPS) is 7.10. The summed E-state index contributed by atoms with van der Waals surface area (Å²) >= 11 is 0. The molecule has 4 heteroatoms. The second-order valence-electron chi connectivity index (χ2n) is 0.914. The molecule has 0 N–H and O–H groups in total. The first-order chi connectivity index (χ1) is 4.85. The molecule has 10 heavy (non-hydrogen) atoms. The van der Waals surface area contributed by atoms with E-state index in [9.17, 15) is 0 Å². The molecule has 0 saturated heterocycles. The van der Waals surface area contributed by atoms with Gasteiger partial charge >= 0.3 is 8.60 Å². The van der Waals surface area contributed by atoms with Crippen LogP contribution in [0.5, 0.6) is 0 Å². The van der Waals surface area contributed by atoms with Gasteiger partial charge in [-0.2, -0.15) is 0 Å². The van der Waals surface area contributed by atoms with Crippen molar-refractivity contribution in [2.45, 2.75) is 0 Å². The third kappa shape index (κ3) is 3.66. The van der Waals surface area contributed by atoms with Crippen molar-refractivity contribution in [1.82, 2.24) is 0 Å². The van der Waals surface area contributed by atoms with Crippen LogP contribution in [0.3, 0.4) is 0 Å². The van der Waals surface area contributed by atoms with Crippen molar-refractivity contribution in [3.63, 3.8) is 0 Å². The molecule has 0 aromatic heterocycles. The lowest BCUT2D eigenvalue weighted by atomic mass is 11.2. The quantitative estimate of drug-likeness (QED) is 0.351. The van der Waals surface area contributed by atoms with E-state index in [4.69, 9.17) is 12.8 Å². The molecular formula is C6H5O3P. The van der Waals surface area contributed by atoms with Gasteiger partial charge in [-0.3, -0.25) is 0 Å². The van der Waals surface area contributed by atoms with Gasteiger partial charge in [-0.15, -0.1) is 0 Å². The topological polar surface area (TPSA) is 27.7 Å². The highest BCUT2D eigenvalue weighted by molar-refractivity contribution is 7.42. The Morgan fingerprint density at radius 1 is 1.30 bits per heavy atom. The molecule has 0 aromatic carbocycles. The van der Waals surface area contributed by atoms with Crippen molar-refractivity contribution in [3.8, 4) is 25.1 Å². The van der Waals surface area contributed by atoms with Gasteiger partial charge in [0.25, 0.3) is 0 Å². The van der Waals surface area contributed by atoms with Crippen molar-refractivity contribution in [1.29, 1.82) is 0 Å². The minimum absolute atomic E-state index is 1.14. The predicted octanol–water partition coefficient (Wildman–Crippen LogP) is 1.59. The molecule has 0 unspecified atom stereocenters. The summed E-state index contributed by atoms with van der Waals surface area (Å²) in [5.41, 5.74) is 0. The van der Waals surface area contributed by atoms with Gasteiger partial charge in [0.2, 0.25) is 0 Å². The van der Waals surface area contributed by atoms with Gasteiger partial charge in [0.15, 0.2) is 0 Å². The summed E-state index contributed by atoms with van der Waals surface area (Å²) in [6.45, 7) is 3.26. The summed E-state index contributed by atoms with van der Waals surface area (Å²) in [7, 11) is -1.65. The van der Waals surface area contributed by atoms with E-state index in [0.717, 1.165) is 6.26 Å². The fourth-order valence-corrected chi connectivity index (χ4v) is 0.626. The molecule has 0 amide bonds. The van der Waals surface area contributed by atoms with Crippen molar-refractivity contribution in [2.24, 2.45) is 0 Å². The standard InChI is InChI=1S/C6H5O3P/c1-4-7-10(8-5-2)9-6-3/h1-2,6H,3H2. The Morgan fingerprint density at radius 2 is 1.80 bits per heavy atom. The molecule has 3 nitrogen and oxygen atoms in total. The van der Waals surface area contributed by atoms with E-state index in [1.807, 2.05) is 12.2 Å². The molecule has 0 rings (SSSR count). The van der Waals surface area contributed by atoms with Crippen molar-refractivity contribution in [3.05, 3.63) is 12.8 Å². The number of hydrogen-bond acceptors (Lipinski definition) is 3. The van der Waals surface area contributed by atoms with Gasteiger partial charge in [0, 0.05) is 0 Å². The van der Waals surface area contributed by atoms with Gasteiger partial charge < -0.3 is 13.6 Å². The van der Waals surface area contributed by atoms with E-state index in [2.05, 4.69) is 20.2 Å². The smallest absolute Gasteiger partial charge is 0.416 e. The second kappa shape index (κ2) is 5.82. The fourth-order valence-electron chi connectivity index (χ4n) is 0.209. The van der Waals surface area contributed by atoms with Crippen LogP contribution in [0, 0.1) is 25.1 Å². The van der Waals surface area contributed by atoms with Crippen LogP contribution in [0.25, 0.3) is 0 Å². The van der Waals surface area contributed by atoms with E-state index in [1.54, 1.807) is 0 Å². The van der Waals surface area contributed by atoms with Crippen LogP contribution in [0.2, 0.25) is 0 Å². The van der Waals surface area contributed by atoms with Crippen LogP contribution >= 0.6 is 8.60 Å². The van der Waals surface area contributed by atoms with Crippen molar-refractivity contribution >= 4 is 8.60 Å². The number of hydrogen-bond donors (Lipinski definition) is 0. The maximum absolute atomic E-state index is 4.77. The van der Waals surface area contributed by atoms with Crippen LogP contribution in [0.1, 0.15) is 0 Å². The highest BCUT2D eigenvalue weighted by atomic mass is 31.2. The lowest BCUT2D eigenvalue weighted by Gasteiger charge is -2.04. The predicted molar refractivity (Wildman–Crippen MR) is 38.0 cm³/mol. The zero-order valence-corrected chi connectivity index (χ0v) is 6.01. The van der Waals surface area contributed by atoms with Crippen LogP contribution in [0.4, 0.5) is 0 Å². The van der Waals surface area contributed by atoms with Crippen LogP contribution < -0.4 is 0 Å². The van der Waals surface area contributed by atoms with E-state index < -0.39 is 8.60 Å². The van der Waals surface area contributed by atoms with Crippen molar-refractivity contribution < 1.29 is 13.6 Å². The highest BCUT2D eigenvalue weighted by Gasteiger charge is 2.11. The highest BCUT2D eigenvalue weighted by Crippen LogP contribution is 2.38. The summed E-state index contributed by atoms with van der Waals surface area (Å²) in [6.07, 6.45) is 14.4. The molecule has 0 bridgehead atoms. The molecular weight excluding hydrogens is 151 g/mol. The average molecular weight is 156 g/mol. The summed E-state index contributed by atoms with van der Waals surface area (Å²) in [5, 5.41) is 0. The third-order valence-corrected chi connectivity index (χ3v) is 1.25. The van der Waals surface area contributed by atoms with E-state index >= 15 is 0 Å². The summed E-state index contributed by atoms with van der Waals surface area (Å²) < 4.78 is 13.5. The van der Waals surface area contributed by atoms with Crippen LogP contribution in [0.15, 0.2) is 12.8 Å². The molecule has 0 radical (unpaired) electrons. The minimum atomic E-state index is -1.65. The average Bonchev–Trinajstić information content (AvgIpc) is 1.90. The molecule has 0 heterocycles. The minimum Gasteiger partial charge on any atom is -0.416 e. The van der Waals surface area contributed by atoms with Crippen molar-refractivity contribution in [2.75, 3.05) is 0 Å². The fraction of sp³-hybridized carbons (Fsp3) is 0. The largest absolute Gasteiger partial charge is 0.547 e. The Bertz CT molecular complexity index is 160. The Labute approximate surface area is 61.0 Å². The van der Waals surface area contributed by atoms with Gasteiger partial charge in [-0.05, 0) is 0 Å². The van der Waals surface area contributed by atoms with Gasteiger partial charge in [-0.25, -0.2) is 0 Å². The molecule has 0 aromatic rings. The lowest BCUT2D eigenvalue weighted by molar-refractivity contribution is 0.328. The first-order valence-corrected chi connectivity index (χ1v) is 3.27. The monoisotopic (exact) mass is 156 g/mol. The molecule has 0 spiro atoms. The van der Waals surface area contributed by atoms with Gasteiger partial charge in [0.05, 0.1) is 6.26 Å². The van der Waals surface area contributed by atoms with Gasteiger partial charge in [0.1, 0.15) is 12.2 Å². The summed E-state index contributed by atoms with van der Waals surface area (Å²) in [5.74, 6) is 0. The SMILES string of the molecule is C#COP(OC#C)OC=C.